The van der Waals surface area contributed by atoms with Crippen LogP contribution in [0.15, 0.2) is 18.2 Å². The standard InChI is InChI=1S/C14H12F6N4O/c1-6(5-25)21-13-23-9(14(18,19)20)4-10(24-13)22-8-3-2-7(15)11(16)12(8)17/h2-4,6,25H,5H2,1H3,(H2,21,22,23,24)/t6-/m0/s1. The summed E-state index contributed by atoms with van der Waals surface area (Å²) in [6.45, 7) is 1.06. The number of hydrogen-bond acceptors (Lipinski definition) is 5. The number of anilines is 3. The normalized spacial score (nSPS) is 12.8. The molecule has 0 spiro atoms. The van der Waals surface area contributed by atoms with Crippen molar-refractivity contribution in [1.29, 1.82) is 0 Å². The largest absolute Gasteiger partial charge is 0.433 e. The summed E-state index contributed by atoms with van der Waals surface area (Å²) in [4.78, 5) is 6.96. The number of alkyl halides is 3. The van der Waals surface area contributed by atoms with Gasteiger partial charge in [-0.15, -0.1) is 0 Å². The molecule has 0 amide bonds. The summed E-state index contributed by atoms with van der Waals surface area (Å²) in [5.41, 5.74) is -1.95. The Hall–Kier alpha value is -2.56. The van der Waals surface area contributed by atoms with Gasteiger partial charge in [0.15, 0.2) is 23.1 Å². The number of nitrogens with one attached hydrogen (secondary N) is 2. The first-order valence-electron chi connectivity index (χ1n) is 6.86. The van der Waals surface area contributed by atoms with Crippen molar-refractivity contribution in [3.05, 3.63) is 41.3 Å². The van der Waals surface area contributed by atoms with Gasteiger partial charge in [-0.2, -0.15) is 18.2 Å². The summed E-state index contributed by atoms with van der Waals surface area (Å²) >= 11 is 0. The van der Waals surface area contributed by atoms with Gasteiger partial charge in [-0.25, -0.2) is 18.2 Å². The fourth-order valence-electron chi connectivity index (χ4n) is 1.75. The summed E-state index contributed by atoms with van der Waals surface area (Å²) in [6.07, 6.45) is -4.83. The van der Waals surface area contributed by atoms with Crippen LogP contribution >= 0.6 is 0 Å². The van der Waals surface area contributed by atoms with Crippen LogP contribution in [0.5, 0.6) is 0 Å². The van der Waals surface area contributed by atoms with Crippen LogP contribution in [0.1, 0.15) is 12.6 Å². The van der Waals surface area contributed by atoms with Crippen LogP contribution in [0.4, 0.5) is 43.8 Å². The van der Waals surface area contributed by atoms with Crippen molar-refractivity contribution in [1.82, 2.24) is 9.97 Å². The Morgan fingerprint density at radius 1 is 1.12 bits per heavy atom. The summed E-state index contributed by atoms with van der Waals surface area (Å²) in [7, 11) is 0. The second kappa shape index (κ2) is 7.13. The fraction of sp³-hybridized carbons (Fsp3) is 0.286. The number of halogens is 6. The summed E-state index contributed by atoms with van der Waals surface area (Å²) in [5.74, 6) is -5.81. The molecule has 136 valence electrons. The van der Waals surface area contributed by atoms with Crippen LogP contribution in [0, 0.1) is 17.5 Å². The smallest absolute Gasteiger partial charge is 0.394 e. The second-order valence-corrected chi connectivity index (χ2v) is 5.04. The molecule has 11 heteroatoms. The maximum Gasteiger partial charge on any atom is 0.433 e. The average molecular weight is 366 g/mol. The van der Waals surface area contributed by atoms with E-state index in [1.807, 2.05) is 0 Å². The van der Waals surface area contributed by atoms with Gasteiger partial charge in [-0.3, -0.25) is 0 Å². The van der Waals surface area contributed by atoms with E-state index in [1.54, 1.807) is 0 Å². The molecule has 0 saturated heterocycles. The zero-order valence-electron chi connectivity index (χ0n) is 12.6. The molecule has 5 nitrogen and oxygen atoms in total. The fourth-order valence-corrected chi connectivity index (χ4v) is 1.75. The van der Waals surface area contributed by atoms with Crippen molar-refractivity contribution in [2.24, 2.45) is 0 Å². The number of aliphatic hydroxyl groups is 1. The lowest BCUT2D eigenvalue weighted by Crippen LogP contribution is -2.22. The van der Waals surface area contributed by atoms with E-state index in [-0.39, 0.29) is 0 Å². The van der Waals surface area contributed by atoms with Gasteiger partial charge in [-0.1, -0.05) is 0 Å². The predicted octanol–water partition coefficient (Wildman–Crippen LogP) is 3.45. The lowest BCUT2D eigenvalue weighted by molar-refractivity contribution is -0.141. The first-order chi connectivity index (χ1) is 11.6. The monoisotopic (exact) mass is 366 g/mol. The van der Waals surface area contributed by atoms with E-state index in [0.717, 1.165) is 6.07 Å². The maximum absolute atomic E-state index is 13.7. The first-order valence-corrected chi connectivity index (χ1v) is 6.86. The molecule has 1 aromatic heterocycles. The van der Waals surface area contributed by atoms with Crippen LogP contribution in [0.2, 0.25) is 0 Å². The molecule has 0 bridgehead atoms. The molecule has 0 saturated carbocycles. The number of benzene rings is 1. The van der Waals surface area contributed by atoms with Crippen LogP contribution in [0.25, 0.3) is 0 Å². The minimum atomic E-state index is -4.83. The quantitative estimate of drug-likeness (QED) is 0.559. The number of hydrogen-bond donors (Lipinski definition) is 3. The zero-order valence-corrected chi connectivity index (χ0v) is 12.6. The minimum absolute atomic E-state index is 0.403. The van der Waals surface area contributed by atoms with Gasteiger partial charge in [0.2, 0.25) is 5.95 Å². The third kappa shape index (κ3) is 4.50. The summed E-state index contributed by atoms with van der Waals surface area (Å²) < 4.78 is 78.6. The van der Waals surface area contributed by atoms with E-state index < -0.39 is 59.4 Å². The molecule has 0 aliphatic heterocycles. The van der Waals surface area contributed by atoms with Crippen molar-refractivity contribution in [2.45, 2.75) is 19.1 Å². The molecule has 1 heterocycles. The number of aliphatic hydroxyl groups excluding tert-OH is 1. The second-order valence-electron chi connectivity index (χ2n) is 5.04. The van der Waals surface area contributed by atoms with E-state index in [9.17, 15) is 26.3 Å². The topological polar surface area (TPSA) is 70.1 Å². The van der Waals surface area contributed by atoms with E-state index in [0.29, 0.717) is 12.1 Å². The van der Waals surface area contributed by atoms with E-state index in [2.05, 4.69) is 20.6 Å². The Bertz CT molecular complexity index is 768. The van der Waals surface area contributed by atoms with E-state index in [4.69, 9.17) is 5.11 Å². The Morgan fingerprint density at radius 2 is 1.80 bits per heavy atom. The molecule has 0 aliphatic carbocycles. The average Bonchev–Trinajstić information content (AvgIpc) is 2.54. The molecule has 1 atom stereocenters. The first kappa shape index (κ1) is 18.8. The number of nitrogens with zero attached hydrogens (tertiary/aromatic N) is 2. The predicted molar refractivity (Wildman–Crippen MR) is 76.8 cm³/mol. The number of aromatic nitrogens is 2. The molecule has 25 heavy (non-hydrogen) atoms. The Kier molecular flexibility index (Phi) is 5.36. The molecule has 3 N–H and O–H groups in total. The maximum atomic E-state index is 13.7. The third-order valence-corrected chi connectivity index (χ3v) is 2.96. The molecule has 2 rings (SSSR count). The van der Waals surface area contributed by atoms with Gasteiger partial charge < -0.3 is 15.7 Å². The Labute approximate surface area is 137 Å². The third-order valence-electron chi connectivity index (χ3n) is 2.96. The lowest BCUT2D eigenvalue weighted by atomic mass is 10.2. The zero-order chi connectivity index (χ0) is 18.8. The summed E-state index contributed by atoms with van der Waals surface area (Å²) in [5, 5.41) is 13.5. The molecule has 0 aliphatic rings. The lowest BCUT2D eigenvalue weighted by Gasteiger charge is -2.15. The van der Waals surface area contributed by atoms with Crippen molar-refractivity contribution >= 4 is 17.5 Å². The van der Waals surface area contributed by atoms with Crippen molar-refractivity contribution in [3.8, 4) is 0 Å². The number of rotatable bonds is 5. The van der Waals surface area contributed by atoms with Gasteiger partial charge in [0.25, 0.3) is 0 Å². The Balaban J connectivity index is 2.42. The molecule has 0 unspecified atom stereocenters. The van der Waals surface area contributed by atoms with Gasteiger partial charge in [0, 0.05) is 12.1 Å². The van der Waals surface area contributed by atoms with Gasteiger partial charge in [0.1, 0.15) is 5.82 Å². The van der Waals surface area contributed by atoms with E-state index in [1.165, 1.54) is 6.92 Å². The molecular formula is C14H12F6N4O. The molecule has 0 radical (unpaired) electrons. The highest BCUT2D eigenvalue weighted by atomic mass is 19.4. The van der Waals surface area contributed by atoms with Crippen LogP contribution in [-0.4, -0.2) is 27.7 Å². The highest BCUT2D eigenvalue weighted by Gasteiger charge is 2.34. The van der Waals surface area contributed by atoms with Crippen molar-refractivity contribution < 1.29 is 31.4 Å². The molecular weight excluding hydrogens is 354 g/mol. The van der Waals surface area contributed by atoms with E-state index >= 15 is 0 Å². The highest BCUT2D eigenvalue weighted by Crippen LogP contribution is 2.31. The molecule has 0 fully saturated rings. The Morgan fingerprint density at radius 3 is 2.40 bits per heavy atom. The van der Waals surface area contributed by atoms with Crippen LogP contribution in [-0.2, 0) is 6.18 Å². The van der Waals surface area contributed by atoms with Gasteiger partial charge >= 0.3 is 6.18 Å². The van der Waals surface area contributed by atoms with Crippen LogP contribution in [0.3, 0.4) is 0 Å². The molecule has 1 aromatic carbocycles. The minimum Gasteiger partial charge on any atom is -0.394 e. The SMILES string of the molecule is C[C@@H](CO)Nc1nc(Nc2ccc(F)c(F)c2F)cc(C(F)(F)F)n1. The van der Waals surface area contributed by atoms with Gasteiger partial charge in [0.05, 0.1) is 12.3 Å². The highest BCUT2D eigenvalue weighted by molar-refractivity contribution is 5.58. The van der Waals surface area contributed by atoms with Crippen LogP contribution < -0.4 is 10.6 Å². The molecule has 2 aromatic rings. The summed E-state index contributed by atoms with van der Waals surface area (Å²) in [6, 6.07) is 1.25. The van der Waals surface area contributed by atoms with Gasteiger partial charge in [-0.05, 0) is 19.1 Å². The van der Waals surface area contributed by atoms with Crippen molar-refractivity contribution in [2.75, 3.05) is 17.2 Å². The van der Waals surface area contributed by atoms with Crippen molar-refractivity contribution in [3.63, 3.8) is 0 Å².